The highest BCUT2D eigenvalue weighted by atomic mass is 15.3. The van der Waals surface area contributed by atoms with Crippen molar-refractivity contribution in [1.29, 1.82) is 0 Å². The van der Waals surface area contributed by atoms with Crippen LogP contribution in [0.4, 0.5) is 0 Å². The molecule has 0 aliphatic heterocycles. The first kappa shape index (κ1) is 12.6. The summed E-state index contributed by atoms with van der Waals surface area (Å²) in [5.41, 5.74) is 8.40. The lowest BCUT2D eigenvalue weighted by atomic mass is 10.0. The van der Waals surface area contributed by atoms with Crippen molar-refractivity contribution in [3.63, 3.8) is 0 Å². The maximum absolute atomic E-state index is 5.81. The molecule has 1 aliphatic carbocycles. The highest BCUT2D eigenvalue weighted by Crippen LogP contribution is 2.31. The van der Waals surface area contributed by atoms with Crippen LogP contribution in [-0.4, -0.2) is 9.78 Å². The first-order chi connectivity index (χ1) is 8.24. The molecule has 1 aromatic rings. The van der Waals surface area contributed by atoms with Crippen LogP contribution in [0.5, 0.6) is 0 Å². The molecule has 0 amide bonds. The minimum absolute atomic E-state index is 0.513. The Kier molecular flexibility index (Phi) is 4.21. The van der Waals surface area contributed by atoms with E-state index in [2.05, 4.69) is 23.6 Å². The summed E-state index contributed by atoms with van der Waals surface area (Å²) in [6, 6.07) is 0.607. The Morgan fingerprint density at radius 2 is 1.94 bits per heavy atom. The van der Waals surface area contributed by atoms with E-state index in [-0.39, 0.29) is 0 Å². The van der Waals surface area contributed by atoms with Crippen molar-refractivity contribution in [3.8, 4) is 0 Å². The number of nitrogens with two attached hydrogens (primary N) is 1. The molecule has 3 nitrogen and oxygen atoms in total. The Labute approximate surface area is 104 Å². The van der Waals surface area contributed by atoms with Crippen LogP contribution in [0.15, 0.2) is 6.20 Å². The summed E-state index contributed by atoms with van der Waals surface area (Å²) in [4.78, 5) is 0. The lowest BCUT2D eigenvalue weighted by Crippen LogP contribution is -2.15. The van der Waals surface area contributed by atoms with Gasteiger partial charge in [0.1, 0.15) is 0 Å². The summed E-state index contributed by atoms with van der Waals surface area (Å²) in [6.45, 7) is 5.09. The summed E-state index contributed by atoms with van der Waals surface area (Å²) in [5.74, 6) is 0.513. The molecule has 2 N–H and O–H groups in total. The monoisotopic (exact) mass is 235 g/mol. The standard InChI is InChI=1S/C14H25N3/c1-11(2)14-12(9-15)10-16-17(14)13-7-5-3-4-6-8-13/h10-11,13H,3-9,15H2,1-2H3. The van der Waals surface area contributed by atoms with Gasteiger partial charge in [-0.05, 0) is 18.8 Å². The largest absolute Gasteiger partial charge is 0.326 e. The van der Waals surface area contributed by atoms with Gasteiger partial charge in [-0.15, -0.1) is 0 Å². The summed E-state index contributed by atoms with van der Waals surface area (Å²) in [7, 11) is 0. The molecule has 0 saturated heterocycles. The van der Waals surface area contributed by atoms with Crippen LogP contribution in [0, 0.1) is 0 Å². The second-order valence-corrected chi connectivity index (χ2v) is 5.50. The molecule has 96 valence electrons. The molecule has 0 bridgehead atoms. The van der Waals surface area contributed by atoms with E-state index in [1.165, 1.54) is 49.8 Å². The van der Waals surface area contributed by atoms with Crippen LogP contribution in [0.25, 0.3) is 0 Å². The van der Waals surface area contributed by atoms with Crippen LogP contribution >= 0.6 is 0 Å². The summed E-state index contributed by atoms with van der Waals surface area (Å²) < 4.78 is 2.28. The zero-order chi connectivity index (χ0) is 12.3. The van der Waals surface area contributed by atoms with Gasteiger partial charge in [-0.25, -0.2) is 0 Å². The van der Waals surface area contributed by atoms with E-state index in [1.54, 1.807) is 0 Å². The highest BCUT2D eigenvalue weighted by molar-refractivity contribution is 5.21. The summed E-state index contributed by atoms with van der Waals surface area (Å²) in [6.07, 6.45) is 10.0. The van der Waals surface area contributed by atoms with Crippen molar-refractivity contribution in [2.75, 3.05) is 0 Å². The Morgan fingerprint density at radius 1 is 1.29 bits per heavy atom. The fourth-order valence-corrected chi connectivity index (χ4v) is 2.99. The molecule has 17 heavy (non-hydrogen) atoms. The van der Waals surface area contributed by atoms with Crippen LogP contribution in [-0.2, 0) is 6.54 Å². The van der Waals surface area contributed by atoms with E-state index < -0.39 is 0 Å². The van der Waals surface area contributed by atoms with Gasteiger partial charge in [0.05, 0.1) is 12.2 Å². The molecule has 0 radical (unpaired) electrons. The molecule has 0 unspecified atom stereocenters. The SMILES string of the molecule is CC(C)c1c(CN)cnn1C1CCCCCC1. The fourth-order valence-electron chi connectivity index (χ4n) is 2.99. The Morgan fingerprint density at radius 3 is 2.47 bits per heavy atom. The van der Waals surface area contributed by atoms with E-state index in [4.69, 9.17) is 5.73 Å². The molecule has 1 aromatic heterocycles. The molecule has 1 heterocycles. The van der Waals surface area contributed by atoms with Crippen molar-refractivity contribution in [3.05, 3.63) is 17.5 Å². The molecule has 0 atom stereocenters. The van der Waals surface area contributed by atoms with Gasteiger partial charge in [-0.1, -0.05) is 39.5 Å². The van der Waals surface area contributed by atoms with E-state index in [0.29, 0.717) is 18.5 Å². The van der Waals surface area contributed by atoms with Gasteiger partial charge < -0.3 is 5.73 Å². The molecule has 2 rings (SSSR count). The fraction of sp³-hybridized carbons (Fsp3) is 0.786. The number of nitrogens with zero attached hydrogens (tertiary/aromatic N) is 2. The first-order valence-corrected chi connectivity index (χ1v) is 7.00. The zero-order valence-electron chi connectivity index (χ0n) is 11.2. The van der Waals surface area contributed by atoms with Crippen LogP contribution < -0.4 is 5.73 Å². The number of hydrogen-bond acceptors (Lipinski definition) is 2. The number of rotatable bonds is 3. The van der Waals surface area contributed by atoms with E-state index in [1.807, 2.05) is 6.20 Å². The van der Waals surface area contributed by atoms with E-state index in [9.17, 15) is 0 Å². The number of aromatic nitrogens is 2. The zero-order valence-corrected chi connectivity index (χ0v) is 11.2. The van der Waals surface area contributed by atoms with Crippen LogP contribution in [0.3, 0.4) is 0 Å². The third-order valence-corrected chi connectivity index (χ3v) is 3.85. The van der Waals surface area contributed by atoms with Crippen molar-refractivity contribution >= 4 is 0 Å². The minimum Gasteiger partial charge on any atom is -0.326 e. The topological polar surface area (TPSA) is 43.8 Å². The second-order valence-electron chi connectivity index (χ2n) is 5.50. The normalized spacial score (nSPS) is 18.6. The second kappa shape index (κ2) is 5.67. The van der Waals surface area contributed by atoms with Gasteiger partial charge in [0.25, 0.3) is 0 Å². The van der Waals surface area contributed by atoms with Gasteiger partial charge in [0, 0.05) is 17.8 Å². The Bertz CT molecular complexity index is 346. The molecule has 0 aromatic carbocycles. The van der Waals surface area contributed by atoms with E-state index in [0.717, 1.165) is 0 Å². The first-order valence-electron chi connectivity index (χ1n) is 7.00. The van der Waals surface area contributed by atoms with Crippen LogP contribution in [0.1, 0.15) is 75.6 Å². The van der Waals surface area contributed by atoms with E-state index >= 15 is 0 Å². The molecule has 1 saturated carbocycles. The van der Waals surface area contributed by atoms with Crippen molar-refractivity contribution in [2.45, 2.75) is 70.9 Å². The van der Waals surface area contributed by atoms with Crippen molar-refractivity contribution < 1.29 is 0 Å². The average molecular weight is 235 g/mol. The smallest absolute Gasteiger partial charge is 0.0537 e. The molecular formula is C14H25N3. The predicted octanol–water partition coefficient (Wildman–Crippen LogP) is 3.36. The third kappa shape index (κ3) is 2.71. The Balaban J connectivity index is 2.26. The van der Waals surface area contributed by atoms with Gasteiger partial charge >= 0.3 is 0 Å². The van der Waals surface area contributed by atoms with Gasteiger partial charge in [0.2, 0.25) is 0 Å². The lowest BCUT2D eigenvalue weighted by Gasteiger charge is -2.20. The minimum atomic E-state index is 0.513. The quantitative estimate of drug-likeness (QED) is 0.816. The number of hydrogen-bond donors (Lipinski definition) is 1. The maximum Gasteiger partial charge on any atom is 0.0537 e. The third-order valence-electron chi connectivity index (χ3n) is 3.85. The molecule has 3 heteroatoms. The van der Waals surface area contributed by atoms with Crippen molar-refractivity contribution in [2.24, 2.45) is 5.73 Å². The predicted molar refractivity (Wildman–Crippen MR) is 70.9 cm³/mol. The molecule has 1 fully saturated rings. The Hall–Kier alpha value is -0.830. The van der Waals surface area contributed by atoms with Crippen LogP contribution in [0.2, 0.25) is 0 Å². The average Bonchev–Trinajstić information content (AvgIpc) is 2.56. The van der Waals surface area contributed by atoms with Crippen molar-refractivity contribution in [1.82, 2.24) is 9.78 Å². The summed E-state index contributed by atoms with van der Waals surface area (Å²) >= 11 is 0. The molecule has 0 spiro atoms. The van der Waals surface area contributed by atoms with Gasteiger partial charge in [0.15, 0.2) is 0 Å². The summed E-state index contributed by atoms with van der Waals surface area (Å²) in [5, 5.41) is 4.61. The van der Waals surface area contributed by atoms with Gasteiger partial charge in [-0.3, -0.25) is 4.68 Å². The lowest BCUT2D eigenvalue weighted by molar-refractivity contribution is 0.387. The maximum atomic E-state index is 5.81. The highest BCUT2D eigenvalue weighted by Gasteiger charge is 2.21. The molecular weight excluding hydrogens is 210 g/mol. The molecule has 1 aliphatic rings. The van der Waals surface area contributed by atoms with Gasteiger partial charge in [-0.2, -0.15) is 5.10 Å².